The summed E-state index contributed by atoms with van der Waals surface area (Å²) in [5, 5.41) is 8.96. The van der Waals surface area contributed by atoms with E-state index >= 15 is 0 Å². The molecule has 1 aliphatic heterocycles. The third kappa shape index (κ3) is 5.84. The molecule has 0 saturated carbocycles. The highest BCUT2D eigenvalue weighted by molar-refractivity contribution is 5.94. The summed E-state index contributed by atoms with van der Waals surface area (Å²) >= 11 is 0. The summed E-state index contributed by atoms with van der Waals surface area (Å²) in [6.45, 7) is 7.81. The molecule has 1 unspecified atom stereocenters. The van der Waals surface area contributed by atoms with E-state index in [-0.39, 0.29) is 30.1 Å². The van der Waals surface area contributed by atoms with E-state index in [0.29, 0.717) is 18.3 Å². The molecule has 1 aliphatic rings. The van der Waals surface area contributed by atoms with Crippen molar-refractivity contribution in [2.45, 2.75) is 27.2 Å². The molecule has 1 heterocycles. The van der Waals surface area contributed by atoms with Gasteiger partial charge >= 0.3 is 0 Å². The van der Waals surface area contributed by atoms with Crippen LogP contribution < -0.4 is 16.0 Å². The molecule has 2 amide bonds. The van der Waals surface area contributed by atoms with Crippen LogP contribution in [-0.2, 0) is 9.59 Å². The second-order valence-corrected chi connectivity index (χ2v) is 6.42. The molecule has 2 rings (SSSR count). The molecule has 0 aliphatic carbocycles. The van der Waals surface area contributed by atoms with E-state index in [4.69, 9.17) is 0 Å². The Balaban J connectivity index is 0.00000264. The molecule has 0 radical (unpaired) electrons. The monoisotopic (exact) mass is 339 g/mol. The summed E-state index contributed by atoms with van der Waals surface area (Å²) in [6.07, 6.45) is 0.505. The molecule has 23 heavy (non-hydrogen) atoms. The maximum Gasteiger partial charge on any atom is 0.227 e. The Morgan fingerprint density at radius 3 is 2.04 bits per heavy atom. The Hall–Kier alpha value is -1.59. The Kier molecular flexibility index (Phi) is 7.52. The molecule has 1 fully saturated rings. The predicted octanol–water partition coefficient (Wildman–Crippen LogP) is 2.89. The minimum absolute atomic E-state index is 0. The van der Waals surface area contributed by atoms with Crippen LogP contribution in [0.4, 0.5) is 11.4 Å². The Bertz CT molecular complexity index is 527. The minimum atomic E-state index is 0. The van der Waals surface area contributed by atoms with Gasteiger partial charge in [-0.1, -0.05) is 20.8 Å². The first-order chi connectivity index (χ1) is 10.5. The van der Waals surface area contributed by atoms with Crippen LogP contribution in [0.5, 0.6) is 0 Å². The average molecular weight is 340 g/mol. The number of nitrogens with one attached hydrogen (secondary N) is 3. The molecular formula is C17H26ClN3O2. The fraction of sp³-hybridized carbons (Fsp3) is 0.529. The third-order valence-corrected chi connectivity index (χ3v) is 3.96. The van der Waals surface area contributed by atoms with Gasteiger partial charge in [0.2, 0.25) is 11.8 Å². The zero-order valence-corrected chi connectivity index (χ0v) is 14.7. The van der Waals surface area contributed by atoms with E-state index in [1.54, 1.807) is 0 Å². The number of benzene rings is 1. The smallest absolute Gasteiger partial charge is 0.227 e. The summed E-state index contributed by atoms with van der Waals surface area (Å²) in [5.41, 5.74) is 1.51. The molecule has 128 valence electrons. The summed E-state index contributed by atoms with van der Waals surface area (Å²) in [4.78, 5) is 23.8. The molecule has 6 heteroatoms. The molecule has 3 N–H and O–H groups in total. The highest BCUT2D eigenvalue weighted by Crippen LogP contribution is 2.19. The van der Waals surface area contributed by atoms with Gasteiger partial charge in [0.05, 0.1) is 0 Å². The SMILES string of the molecule is CC(C)CC(=O)Nc1ccc(NC(=O)C(C)C2CNC2)cc1.Cl. The number of carbonyl (C=O) groups is 2. The van der Waals surface area contributed by atoms with Crippen molar-refractivity contribution in [3.05, 3.63) is 24.3 Å². The molecular weight excluding hydrogens is 314 g/mol. The van der Waals surface area contributed by atoms with Crippen molar-refractivity contribution in [2.24, 2.45) is 17.8 Å². The van der Waals surface area contributed by atoms with Gasteiger partial charge in [-0.3, -0.25) is 9.59 Å². The van der Waals surface area contributed by atoms with Crippen LogP contribution in [0.3, 0.4) is 0 Å². The Morgan fingerprint density at radius 2 is 1.61 bits per heavy atom. The van der Waals surface area contributed by atoms with Crippen LogP contribution >= 0.6 is 12.4 Å². The van der Waals surface area contributed by atoms with Crippen LogP contribution in [0, 0.1) is 17.8 Å². The fourth-order valence-electron chi connectivity index (χ4n) is 2.35. The Labute approximate surface area is 144 Å². The van der Waals surface area contributed by atoms with Gasteiger partial charge < -0.3 is 16.0 Å². The highest BCUT2D eigenvalue weighted by atomic mass is 35.5. The molecule has 0 bridgehead atoms. The Morgan fingerprint density at radius 1 is 1.09 bits per heavy atom. The van der Waals surface area contributed by atoms with Gasteiger partial charge in [0.25, 0.3) is 0 Å². The van der Waals surface area contributed by atoms with Gasteiger partial charge in [-0.2, -0.15) is 0 Å². The van der Waals surface area contributed by atoms with Crippen molar-refractivity contribution in [1.29, 1.82) is 0 Å². The molecule has 1 aromatic rings. The highest BCUT2D eigenvalue weighted by Gasteiger charge is 2.28. The van der Waals surface area contributed by atoms with E-state index in [1.165, 1.54) is 0 Å². The first-order valence-electron chi connectivity index (χ1n) is 7.87. The second-order valence-electron chi connectivity index (χ2n) is 6.42. The standard InChI is InChI=1S/C17H25N3O2.ClH/c1-11(2)8-16(21)19-14-4-6-15(7-5-14)20-17(22)12(3)13-9-18-10-13;/h4-7,11-13,18H,8-10H2,1-3H3,(H,19,21)(H,20,22);1H. The number of anilines is 2. The van der Waals surface area contributed by atoms with Gasteiger partial charge in [-0.15, -0.1) is 12.4 Å². The number of hydrogen-bond donors (Lipinski definition) is 3. The van der Waals surface area contributed by atoms with Crippen molar-refractivity contribution in [3.63, 3.8) is 0 Å². The average Bonchev–Trinajstić information content (AvgIpc) is 2.38. The quantitative estimate of drug-likeness (QED) is 0.746. The first-order valence-corrected chi connectivity index (χ1v) is 7.87. The van der Waals surface area contributed by atoms with Crippen molar-refractivity contribution in [3.8, 4) is 0 Å². The first kappa shape index (κ1) is 19.5. The molecule has 0 aromatic heterocycles. The molecule has 0 spiro atoms. The van der Waals surface area contributed by atoms with Gasteiger partial charge in [0.15, 0.2) is 0 Å². The largest absolute Gasteiger partial charge is 0.326 e. The summed E-state index contributed by atoms with van der Waals surface area (Å²) in [7, 11) is 0. The van der Waals surface area contributed by atoms with E-state index in [9.17, 15) is 9.59 Å². The maximum absolute atomic E-state index is 12.1. The maximum atomic E-state index is 12.1. The molecule has 1 saturated heterocycles. The number of rotatable bonds is 6. The van der Waals surface area contributed by atoms with Crippen molar-refractivity contribution in [1.82, 2.24) is 5.32 Å². The lowest BCUT2D eigenvalue weighted by Gasteiger charge is -2.31. The van der Waals surface area contributed by atoms with E-state index in [0.717, 1.165) is 24.5 Å². The molecule has 1 aromatic carbocycles. The van der Waals surface area contributed by atoms with E-state index in [1.807, 2.05) is 45.0 Å². The predicted molar refractivity (Wildman–Crippen MR) is 95.9 cm³/mol. The number of carbonyl (C=O) groups excluding carboxylic acids is 2. The summed E-state index contributed by atoms with van der Waals surface area (Å²) in [6, 6.07) is 7.25. The third-order valence-electron chi connectivity index (χ3n) is 3.96. The zero-order chi connectivity index (χ0) is 16.1. The molecule has 5 nitrogen and oxygen atoms in total. The van der Waals surface area contributed by atoms with Crippen LogP contribution in [-0.4, -0.2) is 24.9 Å². The minimum Gasteiger partial charge on any atom is -0.326 e. The lowest BCUT2D eigenvalue weighted by molar-refractivity contribution is -0.121. The molecule has 1 atom stereocenters. The number of amides is 2. The van der Waals surface area contributed by atoms with Crippen molar-refractivity contribution in [2.75, 3.05) is 23.7 Å². The van der Waals surface area contributed by atoms with E-state index in [2.05, 4.69) is 16.0 Å². The zero-order valence-electron chi connectivity index (χ0n) is 13.9. The summed E-state index contributed by atoms with van der Waals surface area (Å²) < 4.78 is 0. The van der Waals surface area contributed by atoms with Crippen LogP contribution in [0.2, 0.25) is 0 Å². The van der Waals surface area contributed by atoms with Gasteiger partial charge in [-0.05, 0) is 49.2 Å². The number of halogens is 1. The van der Waals surface area contributed by atoms with Crippen molar-refractivity contribution >= 4 is 35.6 Å². The van der Waals surface area contributed by atoms with Crippen molar-refractivity contribution < 1.29 is 9.59 Å². The van der Waals surface area contributed by atoms with E-state index < -0.39 is 0 Å². The van der Waals surface area contributed by atoms with Gasteiger partial charge in [0, 0.05) is 23.7 Å². The topological polar surface area (TPSA) is 70.2 Å². The fourth-order valence-corrected chi connectivity index (χ4v) is 2.35. The normalized spacial score (nSPS) is 15.3. The van der Waals surface area contributed by atoms with Gasteiger partial charge in [-0.25, -0.2) is 0 Å². The second kappa shape index (κ2) is 8.89. The lowest BCUT2D eigenvalue weighted by atomic mass is 9.88. The van der Waals surface area contributed by atoms with Crippen LogP contribution in [0.25, 0.3) is 0 Å². The van der Waals surface area contributed by atoms with Gasteiger partial charge in [0.1, 0.15) is 0 Å². The number of hydrogen-bond acceptors (Lipinski definition) is 3. The summed E-state index contributed by atoms with van der Waals surface area (Å²) in [5.74, 6) is 0.822. The van der Waals surface area contributed by atoms with Crippen LogP contribution in [0.15, 0.2) is 24.3 Å². The lowest BCUT2D eigenvalue weighted by Crippen LogP contribution is -2.48. The van der Waals surface area contributed by atoms with Crippen LogP contribution in [0.1, 0.15) is 27.2 Å².